The molecule has 0 saturated heterocycles. The minimum atomic E-state index is -0.435. The summed E-state index contributed by atoms with van der Waals surface area (Å²) < 4.78 is 12.6. The summed E-state index contributed by atoms with van der Waals surface area (Å²) in [6.07, 6.45) is 1.75. The highest BCUT2D eigenvalue weighted by molar-refractivity contribution is 14.1. The molecule has 0 saturated carbocycles. The van der Waals surface area contributed by atoms with E-state index < -0.39 is 4.92 Å². The molecule has 0 aliphatic heterocycles. The van der Waals surface area contributed by atoms with Crippen LogP contribution in [0, 0.1) is 31.9 Å². The molecule has 0 bridgehead atoms. The maximum absolute atomic E-state index is 11.0. The number of nitrogens with one attached hydrogen (secondary N) is 1. The number of hydrogen-bond donors (Lipinski definition) is 1. The van der Waals surface area contributed by atoms with E-state index in [0.717, 1.165) is 25.7 Å². The van der Waals surface area contributed by atoms with Gasteiger partial charge in [0.1, 0.15) is 18.5 Å². The molecule has 1 heterocycles. The van der Waals surface area contributed by atoms with Gasteiger partial charge in [-0.05, 0) is 83.5 Å². The van der Waals surface area contributed by atoms with Gasteiger partial charge < -0.3 is 14.5 Å². The third-order valence-corrected chi connectivity index (χ3v) is 5.96. The summed E-state index contributed by atoms with van der Waals surface area (Å²) in [5.41, 5.74) is 4.60. The van der Waals surface area contributed by atoms with Crippen LogP contribution < -0.4 is 9.47 Å². The molecular formula is C26H21IN4O4. The first-order valence-corrected chi connectivity index (χ1v) is 11.9. The van der Waals surface area contributed by atoms with E-state index in [1.165, 1.54) is 12.1 Å². The van der Waals surface area contributed by atoms with Gasteiger partial charge in [0, 0.05) is 12.1 Å². The number of nitro groups is 1. The number of benzene rings is 3. The molecule has 0 aliphatic carbocycles. The number of imidazole rings is 1. The number of allylic oxidation sites excluding steroid dienone is 1. The van der Waals surface area contributed by atoms with Crippen molar-refractivity contribution >= 4 is 51.0 Å². The number of ether oxygens (including phenoxy) is 2. The largest absolute Gasteiger partial charge is 0.490 e. The Morgan fingerprint density at radius 3 is 2.80 bits per heavy atom. The Balaban J connectivity index is 1.64. The molecule has 1 aromatic heterocycles. The van der Waals surface area contributed by atoms with Crippen molar-refractivity contribution in [2.75, 3.05) is 6.61 Å². The van der Waals surface area contributed by atoms with Gasteiger partial charge in [0.25, 0.3) is 5.69 Å². The Morgan fingerprint density at radius 2 is 2.06 bits per heavy atom. The van der Waals surface area contributed by atoms with Crippen molar-refractivity contribution in [3.63, 3.8) is 0 Å². The van der Waals surface area contributed by atoms with Crippen LogP contribution in [0.5, 0.6) is 11.5 Å². The van der Waals surface area contributed by atoms with Crippen molar-refractivity contribution in [2.45, 2.75) is 20.5 Å². The van der Waals surface area contributed by atoms with Crippen molar-refractivity contribution < 1.29 is 14.4 Å². The minimum absolute atomic E-state index is 0.0103. The molecule has 1 N–H and O–H groups in total. The van der Waals surface area contributed by atoms with Gasteiger partial charge in [-0.25, -0.2) is 4.98 Å². The fourth-order valence-electron chi connectivity index (χ4n) is 3.56. The maximum Gasteiger partial charge on any atom is 0.269 e. The summed E-state index contributed by atoms with van der Waals surface area (Å²) in [5.74, 6) is 1.55. The lowest BCUT2D eigenvalue weighted by atomic mass is 10.1. The standard InChI is InChI=1S/C26H21IN4O4/c1-3-34-24-13-18(10-19(14-28)26-29-22-8-7-16(2)9-23(22)30-26)12-21(27)25(24)35-15-17-5-4-6-20(11-17)31(32)33/h4-13H,3,15H2,1-2H3,(H,29,30)/b19-10-. The van der Waals surface area contributed by atoms with Crippen LogP contribution in [0.2, 0.25) is 0 Å². The number of hydrogen-bond acceptors (Lipinski definition) is 6. The summed E-state index contributed by atoms with van der Waals surface area (Å²) >= 11 is 2.15. The zero-order valence-corrected chi connectivity index (χ0v) is 21.2. The third kappa shape index (κ3) is 5.60. The van der Waals surface area contributed by atoms with Crippen LogP contribution in [0.15, 0.2) is 54.6 Å². The molecular weight excluding hydrogens is 559 g/mol. The molecule has 0 fully saturated rings. The SMILES string of the molecule is CCOc1cc(/C=C(/C#N)c2nc3ccc(C)cc3[nH]2)cc(I)c1OCc1cccc([N+](=O)[O-])c1. The molecule has 4 aromatic rings. The summed E-state index contributed by atoms with van der Waals surface area (Å²) in [4.78, 5) is 18.4. The summed E-state index contributed by atoms with van der Waals surface area (Å²) in [6.45, 7) is 4.44. The Bertz CT molecular complexity index is 1490. The number of non-ortho nitro benzene ring substituents is 1. The molecule has 8 nitrogen and oxygen atoms in total. The first-order valence-electron chi connectivity index (χ1n) is 10.8. The van der Waals surface area contributed by atoms with Crippen LogP contribution in [0.4, 0.5) is 5.69 Å². The fraction of sp³-hybridized carbons (Fsp3) is 0.154. The molecule has 0 aliphatic rings. The lowest BCUT2D eigenvalue weighted by molar-refractivity contribution is -0.384. The molecule has 0 spiro atoms. The summed E-state index contributed by atoms with van der Waals surface area (Å²) in [6, 6.07) is 18.1. The van der Waals surface area contributed by atoms with E-state index in [4.69, 9.17) is 9.47 Å². The minimum Gasteiger partial charge on any atom is -0.490 e. The number of aromatic amines is 1. The third-order valence-electron chi connectivity index (χ3n) is 5.16. The number of H-pyrrole nitrogens is 1. The van der Waals surface area contributed by atoms with Crippen LogP contribution in [0.1, 0.15) is 29.4 Å². The average Bonchev–Trinajstić information content (AvgIpc) is 3.25. The summed E-state index contributed by atoms with van der Waals surface area (Å²) in [7, 11) is 0. The number of halogens is 1. The molecule has 0 atom stereocenters. The van der Waals surface area contributed by atoms with Crippen molar-refractivity contribution in [3.8, 4) is 17.6 Å². The Labute approximate surface area is 215 Å². The fourth-order valence-corrected chi connectivity index (χ4v) is 4.34. The van der Waals surface area contributed by atoms with Crippen LogP contribution in [-0.2, 0) is 6.61 Å². The number of nitro benzene ring substituents is 1. The van der Waals surface area contributed by atoms with Gasteiger partial charge in [-0.15, -0.1) is 0 Å². The quantitative estimate of drug-likeness (QED) is 0.111. The first kappa shape index (κ1) is 24.2. The van der Waals surface area contributed by atoms with Gasteiger partial charge in [-0.3, -0.25) is 10.1 Å². The van der Waals surface area contributed by atoms with Gasteiger partial charge in [-0.2, -0.15) is 5.26 Å². The number of nitriles is 1. The summed E-state index contributed by atoms with van der Waals surface area (Å²) in [5, 5.41) is 20.9. The maximum atomic E-state index is 11.0. The molecule has 35 heavy (non-hydrogen) atoms. The Morgan fingerprint density at radius 1 is 1.23 bits per heavy atom. The smallest absolute Gasteiger partial charge is 0.269 e. The van der Waals surface area contributed by atoms with Gasteiger partial charge in [-0.1, -0.05) is 18.2 Å². The second-order valence-corrected chi connectivity index (χ2v) is 8.92. The van der Waals surface area contributed by atoms with E-state index in [-0.39, 0.29) is 12.3 Å². The normalized spacial score (nSPS) is 11.3. The number of fused-ring (bicyclic) bond motifs is 1. The highest BCUT2D eigenvalue weighted by Gasteiger charge is 2.15. The van der Waals surface area contributed by atoms with Gasteiger partial charge in [0.05, 0.1) is 31.7 Å². The van der Waals surface area contributed by atoms with Crippen LogP contribution >= 0.6 is 22.6 Å². The predicted molar refractivity (Wildman–Crippen MR) is 142 cm³/mol. The predicted octanol–water partition coefficient (Wildman–Crippen LogP) is 6.43. The monoisotopic (exact) mass is 580 g/mol. The second kappa shape index (κ2) is 10.6. The average molecular weight is 580 g/mol. The number of rotatable bonds is 8. The van der Waals surface area contributed by atoms with Gasteiger partial charge in [0.15, 0.2) is 11.5 Å². The van der Waals surface area contributed by atoms with Crippen molar-refractivity contribution in [1.29, 1.82) is 5.26 Å². The molecule has 0 radical (unpaired) electrons. The number of nitrogens with zero attached hydrogens (tertiary/aromatic N) is 3. The van der Waals surface area contributed by atoms with Crippen LogP contribution in [0.25, 0.3) is 22.7 Å². The van der Waals surface area contributed by atoms with Gasteiger partial charge >= 0.3 is 0 Å². The van der Waals surface area contributed by atoms with E-state index in [0.29, 0.717) is 35.1 Å². The van der Waals surface area contributed by atoms with Crippen molar-refractivity contribution in [3.05, 3.63) is 90.8 Å². The zero-order valence-electron chi connectivity index (χ0n) is 19.0. The molecule has 0 amide bonds. The molecule has 9 heteroatoms. The van der Waals surface area contributed by atoms with Crippen LogP contribution in [0.3, 0.4) is 0 Å². The molecule has 176 valence electrons. The first-order chi connectivity index (χ1) is 16.9. The van der Waals surface area contributed by atoms with E-state index in [2.05, 4.69) is 38.6 Å². The van der Waals surface area contributed by atoms with E-state index in [9.17, 15) is 15.4 Å². The molecule has 3 aromatic carbocycles. The number of aromatic nitrogens is 2. The second-order valence-electron chi connectivity index (χ2n) is 7.75. The van der Waals surface area contributed by atoms with Crippen LogP contribution in [-0.4, -0.2) is 21.5 Å². The van der Waals surface area contributed by atoms with E-state index in [1.807, 2.05) is 38.1 Å². The van der Waals surface area contributed by atoms with E-state index in [1.54, 1.807) is 24.3 Å². The zero-order chi connectivity index (χ0) is 24.9. The van der Waals surface area contributed by atoms with E-state index >= 15 is 0 Å². The highest BCUT2D eigenvalue weighted by Crippen LogP contribution is 2.36. The van der Waals surface area contributed by atoms with Gasteiger partial charge in [0.2, 0.25) is 0 Å². The Kier molecular flexibility index (Phi) is 7.31. The van der Waals surface area contributed by atoms with Crippen molar-refractivity contribution in [2.24, 2.45) is 0 Å². The Hall–Kier alpha value is -3.91. The lowest BCUT2D eigenvalue weighted by Crippen LogP contribution is -2.02. The van der Waals surface area contributed by atoms with Crippen molar-refractivity contribution in [1.82, 2.24) is 9.97 Å². The molecule has 0 unspecified atom stereocenters. The lowest BCUT2D eigenvalue weighted by Gasteiger charge is -2.15. The number of aryl methyl sites for hydroxylation is 1. The molecule has 4 rings (SSSR count). The topological polar surface area (TPSA) is 114 Å². The highest BCUT2D eigenvalue weighted by atomic mass is 127.